The molecule has 0 heterocycles. The van der Waals surface area contributed by atoms with E-state index in [4.69, 9.17) is 5.11 Å². The molecule has 0 fully saturated rings. The summed E-state index contributed by atoms with van der Waals surface area (Å²) in [7, 11) is 0. The van der Waals surface area contributed by atoms with Crippen LogP contribution in [-0.2, 0) is 9.59 Å². The van der Waals surface area contributed by atoms with Crippen molar-refractivity contribution in [2.24, 2.45) is 5.92 Å². The van der Waals surface area contributed by atoms with Crippen LogP contribution in [0.2, 0.25) is 0 Å². The van der Waals surface area contributed by atoms with Crippen molar-refractivity contribution in [3.63, 3.8) is 0 Å². The zero-order chi connectivity index (χ0) is 12.1. The van der Waals surface area contributed by atoms with Gasteiger partial charge in [-0.3, -0.25) is 4.79 Å². The van der Waals surface area contributed by atoms with Crippen molar-refractivity contribution in [1.82, 2.24) is 5.32 Å². The fourth-order valence-electron chi connectivity index (χ4n) is 0.773. The summed E-state index contributed by atoms with van der Waals surface area (Å²) in [4.78, 5) is 21.1. The van der Waals surface area contributed by atoms with Crippen LogP contribution in [0.15, 0.2) is 0 Å². The van der Waals surface area contributed by atoms with Gasteiger partial charge in [-0.2, -0.15) is 8.78 Å². The fraction of sp³-hybridized carbons (Fsp3) is 0.714. The van der Waals surface area contributed by atoms with Gasteiger partial charge < -0.3 is 20.3 Å². The van der Waals surface area contributed by atoms with Crippen molar-refractivity contribution < 1.29 is 47.4 Å². The van der Waals surface area contributed by atoms with Crippen molar-refractivity contribution in [2.75, 3.05) is 13.2 Å². The number of carbonyl (C=O) groups excluding carboxylic acids is 2. The van der Waals surface area contributed by atoms with Gasteiger partial charge in [-0.05, 0) is 11.6 Å². The molecule has 0 aromatic rings. The third kappa shape index (κ3) is 8.92. The van der Waals surface area contributed by atoms with E-state index >= 15 is 0 Å². The van der Waals surface area contributed by atoms with Gasteiger partial charge >= 0.3 is 24.2 Å². The molecule has 0 saturated heterocycles. The number of aliphatic hydroxyl groups excluding tert-OH is 1. The number of hydrogen-bond donors (Lipinski definition) is 2. The Morgan fingerprint density at radius 2 is 2.00 bits per heavy atom. The molecule has 9 heteroatoms. The van der Waals surface area contributed by atoms with Crippen LogP contribution in [-0.4, -0.2) is 35.5 Å². The summed E-state index contributed by atoms with van der Waals surface area (Å²) in [6.45, 7) is -1.90. The molecule has 2 N–H and O–H groups in total. The summed E-state index contributed by atoms with van der Waals surface area (Å²) in [5.74, 6) is -3.88. The van der Waals surface area contributed by atoms with Crippen molar-refractivity contribution >= 4 is 23.5 Å². The van der Waals surface area contributed by atoms with E-state index < -0.39 is 42.7 Å². The van der Waals surface area contributed by atoms with E-state index in [0.717, 1.165) is 0 Å². The van der Waals surface area contributed by atoms with E-state index in [0.29, 0.717) is 0 Å². The van der Waals surface area contributed by atoms with E-state index in [1.54, 1.807) is 5.32 Å². The number of rotatable bonds is 6. The van der Waals surface area contributed by atoms with Crippen molar-refractivity contribution in [2.45, 2.75) is 11.8 Å². The molecular weight excluding hydrogens is 242 g/mol. The van der Waals surface area contributed by atoms with Gasteiger partial charge in [0.05, 0.1) is 19.1 Å². The average molecular weight is 252 g/mol. The Bertz CT molecular complexity index is 249. The number of carboxylic acids is 1. The normalized spacial score (nSPS) is 12.5. The number of carboxylic acid groups (broad SMARTS) is 1. The Hall–Kier alpha value is -0.353. The first-order chi connectivity index (χ1) is 6.76. The predicted octanol–water partition coefficient (Wildman–Crippen LogP) is -4.31. The number of alkyl halides is 3. The summed E-state index contributed by atoms with van der Waals surface area (Å²) in [5, 5.41) is 16.8. The molecule has 0 saturated carbocycles. The van der Waals surface area contributed by atoms with E-state index in [1.807, 2.05) is 0 Å². The van der Waals surface area contributed by atoms with E-state index in [1.165, 1.54) is 0 Å². The number of nitrogens with one attached hydrogen (secondary N) is 1. The molecule has 0 spiro atoms. The van der Waals surface area contributed by atoms with Crippen LogP contribution >= 0.6 is 11.6 Å². The molecule has 1 atom stereocenters. The van der Waals surface area contributed by atoms with E-state index in [9.17, 15) is 23.5 Å². The van der Waals surface area contributed by atoms with Crippen LogP contribution in [0.3, 0.4) is 0 Å². The van der Waals surface area contributed by atoms with Crippen molar-refractivity contribution in [3.8, 4) is 0 Å². The first-order valence-corrected chi connectivity index (χ1v) is 4.29. The van der Waals surface area contributed by atoms with Crippen LogP contribution in [0, 0.1) is 5.92 Å². The maximum absolute atomic E-state index is 12.1. The van der Waals surface area contributed by atoms with Gasteiger partial charge in [-0.1, -0.05) is 0 Å². The Morgan fingerprint density at radius 1 is 1.50 bits per heavy atom. The zero-order valence-corrected chi connectivity index (χ0v) is 9.26. The number of aliphatic hydroxyl groups is 1. The fourth-order valence-corrected chi connectivity index (χ4v) is 0.840. The maximum atomic E-state index is 12.1. The molecule has 0 bridgehead atoms. The van der Waals surface area contributed by atoms with Gasteiger partial charge in [0, 0.05) is 12.4 Å². The molecule has 88 valence electrons. The van der Waals surface area contributed by atoms with Gasteiger partial charge in [0.25, 0.3) is 0 Å². The topological polar surface area (TPSA) is 89.5 Å². The van der Waals surface area contributed by atoms with Gasteiger partial charge in [-0.15, -0.1) is 0 Å². The summed E-state index contributed by atoms with van der Waals surface area (Å²) >= 11 is 4.49. The number of carbonyl (C=O) groups is 2. The van der Waals surface area contributed by atoms with Gasteiger partial charge in [0.1, 0.15) is 0 Å². The first-order valence-electron chi connectivity index (χ1n) is 3.91. The van der Waals surface area contributed by atoms with Crippen LogP contribution in [0.1, 0.15) is 6.42 Å². The Balaban J connectivity index is 0. The summed E-state index contributed by atoms with van der Waals surface area (Å²) in [6, 6.07) is 0. The molecular formula is C7H9ClF2LiNO4. The van der Waals surface area contributed by atoms with Crippen molar-refractivity contribution in [1.29, 1.82) is 0 Å². The minimum atomic E-state index is -3.60. The molecule has 0 radical (unpaired) electrons. The van der Waals surface area contributed by atoms with Gasteiger partial charge in [0.15, 0.2) is 0 Å². The van der Waals surface area contributed by atoms with Gasteiger partial charge in [0.2, 0.25) is 5.91 Å². The Kier molecular flexibility index (Phi) is 8.84. The van der Waals surface area contributed by atoms with Crippen LogP contribution < -0.4 is 29.3 Å². The maximum Gasteiger partial charge on any atom is 1.00 e. The second-order valence-electron chi connectivity index (χ2n) is 2.79. The smallest absolute Gasteiger partial charge is 0.550 e. The molecule has 5 nitrogen and oxygen atoms in total. The van der Waals surface area contributed by atoms with Crippen LogP contribution in [0.25, 0.3) is 0 Å². The molecule has 0 aromatic carbocycles. The molecule has 0 aliphatic rings. The second-order valence-corrected chi connectivity index (χ2v) is 3.34. The third-order valence-electron chi connectivity index (χ3n) is 1.47. The van der Waals surface area contributed by atoms with Crippen LogP contribution in [0.5, 0.6) is 0 Å². The number of hydrogen-bond acceptors (Lipinski definition) is 4. The molecule has 1 unspecified atom stereocenters. The Labute approximate surface area is 107 Å². The van der Waals surface area contributed by atoms with Crippen molar-refractivity contribution in [3.05, 3.63) is 0 Å². The number of amides is 1. The molecule has 0 aliphatic carbocycles. The molecule has 0 aliphatic heterocycles. The summed E-state index contributed by atoms with van der Waals surface area (Å²) in [6.07, 6.45) is -0.740. The minimum absolute atomic E-state index is 0. The molecule has 1 amide bonds. The predicted molar refractivity (Wildman–Crippen MR) is 44.0 cm³/mol. The monoisotopic (exact) mass is 251 g/mol. The molecule has 16 heavy (non-hydrogen) atoms. The average Bonchev–Trinajstić information content (AvgIpc) is 2.08. The SMILES string of the molecule is O=C([O-])CC(CO)C(=O)NCC(F)(F)Cl.[Li+]. The quantitative estimate of drug-likeness (QED) is 0.369. The van der Waals surface area contributed by atoms with Gasteiger partial charge in [-0.25, -0.2) is 0 Å². The summed E-state index contributed by atoms with van der Waals surface area (Å²) < 4.78 is 24.1. The summed E-state index contributed by atoms with van der Waals surface area (Å²) in [5.41, 5.74) is 0. The Morgan fingerprint density at radius 3 is 2.31 bits per heavy atom. The largest absolute Gasteiger partial charge is 1.00 e. The molecule has 0 rings (SSSR count). The zero-order valence-electron chi connectivity index (χ0n) is 8.50. The first kappa shape index (κ1) is 18.0. The van der Waals surface area contributed by atoms with E-state index in [2.05, 4.69) is 11.6 Å². The third-order valence-corrected chi connectivity index (χ3v) is 1.60. The minimum Gasteiger partial charge on any atom is -0.550 e. The molecule has 0 aromatic heterocycles. The van der Waals surface area contributed by atoms with E-state index in [-0.39, 0.29) is 18.9 Å². The number of halogens is 3. The number of aliphatic carboxylic acids is 1. The van der Waals surface area contributed by atoms with Crippen LogP contribution in [0.4, 0.5) is 8.78 Å². The standard InChI is InChI=1S/C7H10ClF2NO4.Li/c8-7(9,10)3-11-6(15)4(2-12)1-5(13)14;/h4,12H,1-3H2,(H,11,15)(H,13,14);/q;+1/p-1. The second kappa shape index (κ2) is 7.85.